The Labute approximate surface area is 114 Å². The first kappa shape index (κ1) is 14.3. The van der Waals surface area contributed by atoms with Gasteiger partial charge in [0, 0.05) is 31.7 Å². The van der Waals surface area contributed by atoms with Crippen LogP contribution in [0.2, 0.25) is 0 Å². The van der Waals surface area contributed by atoms with Crippen LogP contribution in [0, 0.1) is 23.7 Å². The second-order valence-electron chi connectivity index (χ2n) is 7.47. The number of hydrogen-bond acceptors (Lipinski definition) is 2. The second kappa shape index (κ2) is 5.92. The van der Waals surface area contributed by atoms with E-state index in [1.807, 2.05) is 0 Å². The van der Waals surface area contributed by atoms with Crippen LogP contribution in [0.5, 0.6) is 0 Å². The highest BCUT2D eigenvalue weighted by Gasteiger charge is 2.38. The standard InChI is InChI=1S/C16H32N2/c1-11(2)6-15-10-18(9-14-7-13(14)5)16(8-17-15)12(3)4/h11-17H,6-10H2,1-5H3. The van der Waals surface area contributed by atoms with Crippen molar-refractivity contribution in [3.05, 3.63) is 0 Å². The highest BCUT2D eigenvalue weighted by atomic mass is 15.2. The van der Waals surface area contributed by atoms with Gasteiger partial charge in [-0.15, -0.1) is 0 Å². The molecule has 1 N–H and O–H groups in total. The van der Waals surface area contributed by atoms with E-state index < -0.39 is 0 Å². The molecule has 0 radical (unpaired) electrons. The number of nitrogens with zero attached hydrogens (tertiary/aromatic N) is 1. The van der Waals surface area contributed by atoms with E-state index in [4.69, 9.17) is 0 Å². The molecule has 1 aliphatic heterocycles. The first-order valence-corrected chi connectivity index (χ1v) is 7.94. The lowest BCUT2D eigenvalue weighted by molar-refractivity contribution is 0.0863. The molecule has 4 atom stereocenters. The zero-order valence-corrected chi connectivity index (χ0v) is 12.9. The minimum absolute atomic E-state index is 0.717. The van der Waals surface area contributed by atoms with Crippen LogP contribution in [0.4, 0.5) is 0 Å². The Morgan fingerprint density at radius 2 is 1.89 bits per heavy atom. The van der Waals surface area contributed by atoms with E-state index in [0.717, 1.165) is 29.7 Å². The van der Waals surface area contributed by atoms with Crippen molar-refractivity contribution < 1.29 is 0 Å². The highest BCUT2D eigenvalue weighted by Crippen LogP contribution is 2.39. The Kier molecular flexibility index (Phi) is 4.71. The minimum Gasteiger partial charge on any atom is -0.311 e. The average Bonchev–Trinajstić information content (AvgIpc) is 2.93. The molecule has 2 aliphatic rings. The molecule has 2 fully saturated rings. The summed E-state index contributed by atoms with van der Waals surface area (Å²) >= 11 is 0. The summed E-state index contributed by atoms with van der Waals surface area (Å²) in [7, 11) is 0. The van der Waals surface area contributed by atoms with Gasteiger partial charge in [0.15, 0.2) is 0 Å². The van der Waals surface area contributed by atoms with Gasteiger partial charge in [0.05, 0.1) is 0 Å². The number of piperazine rings is 1. The predicted octanol–water partition coefficient (Wildman–Crippen LogP) is 2.99. The van der Waals surface area contributed by atoms with Crippen LogP contribution in [-0.4, -0.2) is 36.6 Å². The maximum absolute atomic E-state index is 3.78. The summed E-state index contributed by atoms with van der Waals surface area (Å²) in [6.07, 6.45) is 2.78. The third-order valence-electron chi connectivity index (χ3n) is 4.81. The topological polar surface area (TPSA) is 15.3 Å². The maximum Gasteiger partial charge on any atom is 0.0244 e. The summed E-state index contributed by atoms with van der Waals surface area (Å²) in [4.78, 5) is 2.79. The Hall–Kier alpha value is -0.0800. The van der Waals surface area contributed by atoms with Crippen molar-refractivity contribution in [2.75, 3.05) is 19.6 Å². The molecule has 1 saturated heterocycles. The molecule has 0 bridgehead atoms. The lowest BCUT2D eigenvalue weighted by Gasteiger charge is -2.43. The monoisotopic (exact) mass is 252 g/mol. The second-order valence-corrected chi connectivity index (χ2v) is 7.47. The largest absolute Gasteiger partial charge is 0.311 e. The minimum atomic E-state index is 0.717. The van der Waals surface area contributed by atoms with E-state index in [1.165, 1.54) is 32.5 Å². The maximum atomic E-state index is 3.78. The van der Waals surface area contributed by atoms with E-state index in [2.05, 4.69) is 44.8 Å². The number of nitrogens with one attached hydrogen (secondary N) is 1. The molecule has 0 aromatic rings. The first-order valence-electron chi connectivity index (χ1n) is 7.94. The number of hydrogen-bond donors (Lipinski definition) is 1. The molecule has 106 valence electrons. The summed E-state index contributed by atoms with van der Waals surface area (Å²) in [5.74, 6) is 3.55. The molecule has 0 aromatic heterocycles. The summed E-state index contributed by atoms with van der Waals surface area (Å²) in [5.41, 5.74) is 0. The van der Waals surface area contributed by atoms with Crippen molar-refractivity contribution in [2.45, 2.75) is 59.5 Å². The summed E-state index contributed by atoms with van der Waals surface area (Å²) in [6, 6.07) is 1.47. The van der Waals surface area contributed by atoms with Gasteiger partial charge in [-0.3, -0.25) is 4.90 Å². The van der Waals surface area contributed by atoms with Crippen LogP contribution >= 0.6 is 0 Å². The Morgan fingerprint density at radius 1 is 1.22 bits per heavy atom. The average molecular weight is 252 g/mol. The Bertz CT molecular complexity index is 262. The third kappa shape index (κ3) is 3.71. The Balaban J connectivity index is 1.90. The fourth-order valence-electron chi connectivity index (χ4n) is 3.45. The molecular formula is C16H32N2. The molecule has 1 saturated carbocycles. The van der Waals surface area contributed by atoms with Crippen LogP contribution < -0.4 is 5.32 Å². The fraction of sp³-hybridized carbons (Fsp3) is 1.00. The molecule has 0 amide bonds. The van der Waals surface area contributed by atoms with E-state index in [-0.39, 0.29) is 0 Å². The van der Waals surface area contributed by atoms with Gasteiger partial charge in [-0.05, 0) is 36.5 Å². The molecule has 0 spiro atoms. The zero-order chi connectivity index (χ0) is 13.3. The van der Waals surface area contributed by atoms with Gasteiger partial charge in [0.2, 0.25) is 0 Å². The predicted molar refractivity (Wildman–Crippen MR) is 78.7 cm³/mol. The SMILES string of the molecule is CC(C)CC1CN(CC2CC2C)C(C(C)C)CN1. The quantitative estimate of drug-likeness (QED) is 0.809. The van der Waals surface area contributed by atoms with Gasteiger partial charge >= 0.3 is 0 Å². The van der Waals surface area contributed by atoms with Gasteiger partial charge in [-0.2, -0.15) is 0 Å². The molecule has 2 nitrogen and oxygen atoms in total. The van der Waals surface area contributed by atoms with Crippen molar-refractivity contribution in [1.82, 2.24) is 10.2 Å². The lowest BCUT2D eigenvalue weighted by atomic mass is 9.94. The molecule has 0 aromatic carbocycles. The van der Waals surface area contributed by atoms with Gasteiger partial charge in [0.25, 0.3) is 0 Å². The van der Waals surface area contributed by atoms with Gasteiger partial charge in [-0.1, -0.05) is 34.6 Å². The van der Waals surface area contributed by atoms with Crippen LogP contribution in [0.1, 0.15) is 47.5 Å². The molecule has 1 aliphatic carbocycles. The van der Waals surface area contributed by atoms with Crippen molar-refractivity contribution in [2.24, 2.45) is 23.7 Å². The summed E-state index contributed by atoms with van der Waals surface area (Å²) < 4.78 is 0. The van der Waals surface area contributed by atoms with Crippen molar-refractivity contribution >= 4 is 0 Å². The van der Waals surface area contributed by atoms with E-state index in [9.17, 15) is 0 Å². The molecular weight excluding hydrogens is 220 g/mol. The third-order valence-corrected chi connectivity index (χ3v) is 4.81. The summed E-state index contributed by atoms with van der Waals surface area (Å²) in [5, 5.41) is 3.78. The summed E-state index contributed by atoms with van der Waals surface area (Å²) in [6.45, 7) is 15.6. The van der Waals surface area contributed by atoms with E-state index in [0.29, 0.717) is 6.04 Å². The zero-order valence-electron chi connectivity index (χ0n) is 12.9. The molecule has 1 heterocycles. The fourth-order valence-corrected chi connectivity index (χ4v) is 3.45. The van der Waals surface area contributed by atoms with Crippen molar-refractivity contribution in [3.8, 4) is 0 Å². The molecule has 2 rings (SSSR count). The molecule has 18 heavy (non-hydrogen) atoms. The smallest absolute Gasteiger partial charge is 0.0244 e. The first-order chi connectivity index (χ1) is 8.47. The van der Waals surface area contributed by atoms with E-state index in [1.54, 1.807) is 0 Å². The van der Waals surface area contributed by atoms with Gasteiger partial charge < -0.3 is 5.32 Å². The van der Waals surface area contributed by atoms with Crippen LogP contribution in [-0.2, 0) is 0 Å². The van der Waals surface area contributed by atoms with E-state index >= 15 is 0 Å². The van der Waals surface area contributed by atoms with Crippen molar-refractivity contribution in [1.29, 1.82) is 0 Å². The van der Waals surface area contributed by atoms with Gasteiger partial charge in [-0.25, -0.2) is 0 Å². The normalized spacial score (nSPS) is 37.5. The molecule has 4 unspecified atom stereocenters. The van der Waals surface area contributed by atoms with Gasteiger partial charge in [0.1, 0.15) is 0 Å². The van der Waals surface area contributed by atoms with Crippen LogP contribution in [0.25, 0.3) is 0 Å². The van der Waals surface area contributed by atoms with Crippen LogP contribution in [0.3, 0.4) is 0 Å². The Morgan fingerprint density at radius 3 is 2.39 bits per heavy atom. The lowest BCUT2D eigenvalue weighted by Crippen LogP contribution is -2.58. The number of rotatable bonds is 5. The van der Waals surface area contributed by atoms with Crippen molar-refractivity contribution in [3.63, 3.8) is 0 Å². The highest BCUT2D eigenvalue weighted by molar-refractivity contribution is 4.93. The molecule has 2 heteroatoms. The van der Waals surface area contributed by atoms with Crippen LogP contribution in [0.15, 0.2) is 0 Å².